The molecule has 0 aromatic heterocycles. The Bertz CT molecular complexity index is 475. The zero-order valence-electron chi connectivity index (χ0n) is 9.98. The Kier molecular flexibility index (Phi) is 4.21. The average molecular weight is 359 g/mol. The number of nitrogens with one attached hydrogen (secondary N) is 1. The lowest BCUT2D eigenvalue weighted by Crippen LogP contribution is -2.29. The van der Waals surface area contributed by atoms with Gasteiger partial charge in [-0.3, -0.25) is 9.59 Å². The lowest BCUT2D eigenvalue weighted by molar-refractivity contribution is -0.151. The molecule has 1 aliphatic rings. The minimum absolute atomic E-state index is 0.133. The topological polar surface area (TPSA) is 55.4 Å². The van der Waals surface area contributed by atoms with E-state index in [-0.39, 0.29) is 11.8 Å². The van der Waals surface area contributed by atoms with Crippen molar-refractivity contribution in [2.75, 3.05) is 13.2 Å². The molecule has 0 saturated carbocycles. The third-order valence-electron chi connectivity index (χ3n) is 3.00. The van der Waals surface area contributed by atoms with Crippen LogP contribution in [0.25, 0.3) is 0 Å². The monoisotopic (exact) mass is 359 g/mol. The molecule has 18 heavy (non-hydrogen) atoms. The lowest BCUT2D eigenvalue weighted by Gasteiger charge is -2.16. The maximum absolute atomic E-state index is 11.8. The molecule has 1 aliphatic heterocycles. The molecular weight excluding hydrogens is 345 g/mol. The number of amides is 1. The van der Waals surface area contributed by atoms with Gasteiger partial charge in [0.2, 0.25) is 5.91 Å². The maximum Gasteiger partial charge on any atom is 0.319 e. The summed E-state index contributed by atoms with van der Waals surface area (Å²) in [4.78, 5) is 23.6. The molecule has 2 rings (SSSR count). The van der Waals surface area contributed by atoms with E-state index in [4.69, 9.17) is 4.74 Å². The van der Waals surface area contributed by atoms with E-state index in [1.807, 2.05) is 24.3 Å². The minimum atomic E-state index is -0.719. The van der Waals surface area contributed by atoms with Crippen LogP contribution in [0.1, 0.15) is 18.4 Å². The van der Waals surface area contributed by atoms with Gasteiger partial charge >= 0.3 is 5.97 Å². The number of benzene rings is 1. The van der Waals surface area contributed by atoms with Crippen LogP contribution in [0.3, 0.4) is 0 Å². The average Bonchev–Trinajstić information content (AvgIpc) is 2.71. The summed E-state index contributed by atoms with van der Waals surface area (Å²) in [6.45, 7) is 2.52. The van der Waals surface area contributed by atoms with E-state index in [2.05, 4.69) is 27.9 Å². The van der Waals surface area contributed by atoms with E-state index in [0.717, 1.165) is 9.13 Å². The number of halogens is 1. The number of carbonyl (C=O) groups excluding carboxylic acids is 2. The molecule has 1 aromatic rings. The third kappa shape index (κ3) is 2.66. The number of hydrogen-bond donors (Lipinski definition) is 1. The molecular formula is C13H14INO3. The van der Waals surface area contributed by atoms with Gasteiger partial charge in [0, 0.05) is 16.0 Å². The zero-order valence-corrected chi connectivity index (χ0v) is 12.1. The van der Waals surface area contributed by atoms with Crippen LogP contribution in [0, 0.1) is 9.49 Å². The van der Waals surface area contributed by atoms with Crippen LogP contribution < -0.4 is 5.32 Å². The van der Waals surface area contributed by atoms with Crippen LogP contribution in [0.15, 0.2) is 24.3 Å². The first-order chi connectivity index (χ1) is 8.63. The van der Waals surface area contributed by atoms with Crippen LogP contribution in [0.4, 0.5) is 0 Å². The second-order valence-corrected chi connectivity index (χ2v) is 5.38. The predicted molar refractivity (Wildman–Crippen MR) is 75.0 cm³/mol. The Morgan fingerprint density at radius 2 is 2.33 bits per heavy atom. The van der Waals surface area contributed by atoms with Crippen molar-refractivity contribution in [2.24, 2.45) is 5.92 Å². The summed E-state index contributed by atoms with van der Waals surface area (Å²) >= 11 is 2.22. The van der Waals surface area contributed by atoms with E-state index >= 15 is 0 Å². The highest BCUT2D eigenvalue weighted by Crippen LogP contribution is 2.30. The molecule has 1 saturated heterocycles. The van der Waals surface area contributed by atoms with Crippen molar-refractivity contribution >= 4 is 34.5 Å². The summed E-state index contributed by atoms with van der Waals surface area (Å²) in [7, 11) is 0. The zero-order chi connectivity index (χ0) is 13.1. The molecule has 2 atom stereocenters. The van der Waals surface area contributed by atoms with Crippen LogP contribution in [0.5, 0.6) is 0 Å². The molecule has 4 nitrogen and oxygen atoms in total. The van der Waals surface area contributed by atoms with Gasteiger partial charge < -0.3 is 10.1 Å². The SMILES string of the molecule is CCOC(=O)C1C(=O)NCC1c1cccc(I)c1. The molecule has 0 spiro atoms. The quantitative estimate of drug-likeness (QED) is 0.508. The van der Waals surface area contributed by atoms with Crippen LogP contribution in [-0.2, 0) is 14.3 Å². The molecule has 1 N–H and O–H groups in total. The van der Waals surface area contributed by atoms with Crippen molar-refractivity contribution in [3.05, 3.63) is 33.4 Å². The second-order valence-electron chi connectivity index (χ2n) is 4.14. The predicted octanol–water partition coefficient (Wildman–Crippen LogP) is 1.68. The van der Waals surface area contributed by atoms with Gasteiger partial charge in [0.1, 0.15) is 5.92 Å². The summed E-state index contributed by atoms with van der Waals surface area (Å²) in [5.74, 6) is -1.52. The summed E-state index contributed by atoms with van der Waals surface area (Å²) in [6, 6.07) is 7.85. The van der Waals surface area contributed by atoms with Crippen molar-refractivity contribution in [3.8, 4) is 0 Å². The Hall–Kier alpha value is -1.11. The fourth-order valence-corrected chi connectivity index (χ4v) is 2.74. The van der Waals surface area contributed by atoms with Gasteiger partial charge in [0.15, 0.2) is 0 Å². The van der Waals surface area contributed by atoms with Crippen LogP contribution >= 0.6 is 22.6 Å². The van der Waals surface area contributed by atoms with E-state index in [1.165, 1.54) is 0 Å². The molecule has 96 valence electrons. The highest BCUT2D eigenvalue weighted by atomic mass is 127. The fraction of sp³-hybridized carbons (Fsp3) is 0.385. The molecule has 2 unspecified atom stereocenters. The molecule has 1 amide bonds. The summed E-state index contributed by atoms with van der Waals surface area (Å²) < 4.78 is 6.07. The Morgan fingerprint density at radius 1 is 1.56 bits per heavy atom. The van der Waals surface area contributed by atoms with Crippen molar-refractivity contribution in [2.45, 2.75) is 12.8 Å². The largest absolute Gasteiger partial charge is 0.465 e. The smallest absolute Gasteiger partial charge is 0.319 e. The normalized spacial score (nSPS) is 22.7. The molecule has 0 bridgehead atoms. The van der Waals surface area contributed by atoms with Gasteiger partial charge in [-0.25, -0.2) is 0 Å². The Morgan fingerprint density at radius 3 is 3.00 bits per heavy atom. The van der Waals surface area contributed by atoms with Gasteiger partial charge in [-0.15, -0.1) is 0 Å². The molecule has 1 aromatic carbocycles. The van der Waals surface area contributed by atoms with E-state index in [0.29, 0.717) is 13.2 Å². The summed E-state index contributed by atoms with van der Waals surface area (Å²) in [6.07, 6.45) is 0. The van der Waals surface area contributed by atoms with Crippen molar-refractivity contribution in [3.63, 3.8) is 0 Å². The highest BCUT2D eigenvalue weighted by Gasteiger charge is 2.42. The van der Waals surface area contributed by atoms with E-state index in [9.17, 15) is 9.59 Å². The fourth-order valence-electron chi connectivity index (χ4n) is 2.17. The first-order valence-corrected chi connectivity index (χ1v) is 6.91. The van der Waals surface area contributed by atoms with Gasteiger partial charge in [0.25, 0.3) is 0 Å². The van der Waals surface area contributed by atoms with Crippen molar-refractivity contribution in [1.82, 2.24) is 5.32 Å². The number of carbonyl (C=O) groups is 2. The molecule has 5 heteroatoms. The van der Waals surface area contributed by atoms with Gasteiger partial charge in [-0.2, -0.15) is 0 Å². The van der Waals surface area contributed by atoms with Gasteiger partial charge in [-0.05, 0) is 47.2 Å². The van der Waals surface area contributed by atoms with E-state index in [1.54, 1.807) is 6.92 Å². The second kappa shape index (κ2) is 5.69. The highest BCUT2D eigenvalue weighted by molar-refractivity contribution is 14.1. The third-order valence-corrected chi connectivity index (χ3v) is 3.67. The molecule has 1 heterocycles. The summed E-state index contributed by atoms with van der Waals surface area (Å²) in [5.41, 5.74) is 0.998. The van der Waals surface area contributed by atoms with Gasteiger partial charge in [0.05, 0.1) is 6.61 Å². The maximum atomic E-state index is 11.8. The summed E-state index contributed by atoms with van der Waals surface area (Å²) in [5, 5.41) is 2.73. The standard InChI is InChI=1S/C13H14INO3/c1-2-18-13(17)11-10(7-15-12(11)16)8-4-3-5-9(14)6-8/h3-6,10-11H,2,7H2,1H3,(H,15,16). The molecule has 1 fully saturated rings. The first kappa shape index (κ1) is 13.3. The van der Waals surface area contributed by atoms with Crippen LogP contribution in [0.2, 0.25) is 0 Å². The minimum Gasteiger partial charge on any atom is -0.465 e. The first-order valence-electron chi connectivity index (χ1n) is 5.83. The van der Waals surface area contributed by atoms with E-state index < -0.39 is 11.9 Å². The molecule has 0 aliphatic carbocycles. The van der Waals surface area contributed by atoms with Crippen LogP contribution in [-0.4, -0.2) is 25.0 Å². The van der Waals surface area contributed by atoms with Gasteiger partial charge in [-0.1, -0.05) is 12.1 Å². The number of ether oxygens (including phenoxy) is 1. The Balaban J connectivity index is 2.26. The van der Waals surface area contributed by atoms with Crippen molar-refractivity contribution in [1.29, 1.82) is 0 Å². The lowest BCUT2D eigenvalue weighted by atomic mass is 9.88. The number of esters is 1. The van der Waals surface area contributed by atoms with Crippen molar-refractivity contribution < 1.29 is 14.3 Å². The molecule has 0 radical (unpaired) electrons. The number of hydrogen-bond acceptors (Lipinski definition) is 3. The number of rotatable bonds is 3. The Labute approximate surface area is 119 Å².